The Morgan fingerprint density at radius 2 is 1.64 bits per heavy atom. The number of carbonyl (C=O) groups excluding carboxylic acids is 3. The van der Waals surface area contributed by atoms with Crippen molar-refractivity contribution in [3.8, 4) is 0 Å². The Labute approximate surface area is 127 Å². The largest absolute Gasteiger partial charge is 0.323 e. The van der Waals surface area contributed by atoms with Crippen LogP contribution in [0, 0.1) is 0 Å². The van der Waals surface area contributed by atoms with Crippen LogP contribution >= 0.6 is 0 Å². The number of nitrogens with zero attached hydrogens (tertiary/aromatic N) is 1. The molecule has 1 N–H and O–H groups in total. The molecule has 2 aromatic carbocycles. The number of Topliss-reactive ketones (excluding diaryl/α,β-unsaturated/α-hetero) is 1. The lowest BCUT2D eigenvalue weighted by molar-refractivity contribution is -0.115. The highest BCUT2D eigenvalue weighted by molar-refractivity contribution is 6.15. The number of nitrogens with one attached hydrogen (secondary N) is 1. The van der Waals surface area contributed by atoms with Gasteiger partial charge in [0.15, 0.2) is 5.78 Å². The molecule has 0 bridgehead atoms. The van der Waals surface area contributed by atoms with E-state index in [9.17, 15) is 14.4 Å². The molecular weight excluding hydrogens is 280 g/mol. The van der Waals surface area contributed by atoms with Gasteiger partial charge in [-0.25, -0.2) is 0 Å². The van der Waals surface area contributed by atoms with E-state index < -0.39 is 0 Å². The normalized spacial score (nSPS) is 13.3. The summed E-state index contributed by atoms with van der Waals surface area (Å²) in [4.78, 5) is 37.1. The van der Waals surface area contributed by atoms with Crippen LogP contribution in [0.25, 0.3) is 0 Å². The maximum Gasteiger partial charge on any atom is 0.258 e. The molecule has 2 amide bonds. The van der Waals surface area contributed by atoms with Crippen LogP contribution in [0.3, 0.4) is 0 Å². The number of hydrogen-bond acceptors (Lipinski definition) is 3. The second-order valence-electron chi connectivity index (χ2n) is 5.09. The van der Waals surface area contributed by atoms with Crippen LogP contribution < -0.4 is 10.2 Å². The van der Waals surface area contributed by atoms with Crippen LogP contribution in [0.4, 0.5) is 11.4 Å². The molecule has 0 saturated heterocycles. The van der Waals surface area contributed by atoms with Crippen LogP contribution in [-0.2, 0) is 4.79 Å². The fourth-order valence-electron chi connectivity index (χ4n) is 2.42. The minimum atomic E-state index is -0.266. The minimum Gasteiger partial charge on any atom is -0.323 e. The van der Waals surface area contributed by atoms with Crippen LogP contribution in [0.1, 0.15) is 27.6 Å². The zero-order valence-corrected chi connectivity index (χ0v) is 12.0. The van der Waals surface area contributed by atoms with Gasteiger partial charge in [0.05, 0.1) is 11.4 Å². The Balaban J connectivity index is 1.95. The topological polar surface area (TPSA) is 66.5 Å². The summed E-state index contributed by atoms with van der Waals surface area (Å²) < 4.78 is 0. The highest BCUT2D eigenvalue weighted by atomic mass is 16.2. The Morgan fingerprint density at radius 3 is 2.32 bits per heavy atom. The monoisotopic (exact) mass is 294 g/mol. The van der Waals surface area contributed by atoms with Crippen molar-refractivity contribution in [1.82, 2.24) is 0 Å². The van der Waals surface area contributed by atoms with Gasteiger partial charge in [-0.05, 0) is 31.2 Å². The zero-order chi connectivity index (χ0) is 15.7. The summed E-state index contributed by atoms with van der Waals surface area (Å²) in [7, 11) is 0. The fourth-order valence-corrected chi connectivity index (χ4v) is 2.42. The lowest BCUT2D eigenvalue weighted by Crippen LogP contribution is -2.42. The van der Waals surface area contributed by atoms with Crippen molar-refractivity contribution < 1.29 is 14.4 Å². The van der Waals surface area contributed by atoms with E-state index in [1.54, 1.807) is 42.5 Å². The van der Waals surface area contributed by atoms with E-state index in [1.807, 2.05) is 6.07 Å². The molecule has 0 unspecified atom stereocenters. The van der Waals surface area contributed by atoms with Crippen molar-refractivity contribution in [3.63, 3.8) is 0 Å². The molecule has 0 aromatic heterocycles. The highest BCUT2D eigenvalue weighted by Gasteiger charge is 2.27. The van der Waals surface area contributed by atoms with Crippen molar-refractivity contribution in [1.29, 1.82) is 0 Å². The van der Waals surface area contributed by atoms with E-state index in [0.29, 0.717) is 22.5 Å². The maximum atomic E-state index is 12.7. The number of hydrogen-bond donors (Lipinski definition) is 1. The summed E-state index contributed by atoms with van der Waals surface area (Å²) in [6.07, 6.45) is 0. The Morgan fingerprint density at radius 1 is 1.00 bits per heavy atom. The number of benzene rings is 2. The average molecular weight is 294 g/mol. The van der Waals surface area contributed by atoms with Crippen LogP contribution in [-0.4, -0.2) is 24.1 Å². The molecule has 0 spiro atoms. The molecule has 0 fully saturated rings. The third kappa shape index (κ3) is 2.48. The van der Waals surface area contributed by atoms with Crippen LogP contribution in [0.5, 0.6) is 0 Å². The molecule has 22 heavy (non-hydrogen) atoms. The third-order valence-corrected chi connectivity index (χ3v) is 3.55. The van der Waals surface area contributed by atoms with E-state index in [4.69, 9.17) is 0 Å². The maximum absolute atomic E-state index is 12.7. The first kappa shape index (κ1) is 14.0. The number of ketones is 1. The molecule has 5 nitrogen and oxygen atoms in total. The van der Waals surface area contributed by atoms with Gasteiger partial charge >= 0.3 is 0 Å². The summed E-state index contributed by atoms with van der Waals surface area (Å²) in [5.74, 6) is -0.550. The van der Waals surface area contributed by atoms with E-state index in [2.05, 4.69) is 5.32 Å². The van der Waals surface area contributed by atoms with Gasteiger partial charge in [0.25, 0.3) is 5.91 Å². The average Bonchev–Trinajstić information content (AvgIpc) is 2.53. The molecule has 0 saturated carbocycles. The number of amides is 2. The first-order valence-electron chi connectivity index (χ1n) is 6.88. The predicted octanol–water partition coefficient (Wildman–Crippen LogP) is 2.49. The van der Waals surface area contributed by atoms with Gasteiger partial charge in [0.2, 0.25) is 5.91 Å². The molecule has 0 atom stereocenters. The van der Waals surface area contributed by atoms with Crippen molar-refractivity contribution in [2.75, 3.05) is 16.8 Å². The number of fused-ring (bicyclic) bond motifs is 1. The van der Waals surface area contributed by atoms with E-state index in [-0.39, 0.29) is 24.1 Å². The fraction of sp³-hybridized carbons (Fsp3) is 0.118. The van der Waals surface area contributed by atoms with Crippen molar-refractivity contribution in [2.24, 2.45) is 0 Å². The van der Waals surface area contributed by atoms with E-state index in [1.165, 1.54) is 11.8 Å². The minimum absolute atomic E-state index is 0.0235. The summed E-state index contributed by atoms with van der Waals surface area (Å²) in [6.45, 7) is 1.45. The number of carbonyl (C=O) groups is 3. The summed E-state index contributed by atoms with van der Waals surface area (Å²) in [5, 5.41) is 2.74. The number of anilines is 2. The SMILES string of the molecule is CC(=O)c1ccc(C(=O)N2CC(=O)Nc3ccccc32)cc1. The molecule has 110 valence electrons. The molecule has 1 heterocycles. The van der Waals surface area contributed by atoms with Crippen molar-refractivity contribution in [2.45, 2.75) is 6.92 Å². The number of para-hydroxylation sites is 2. The first-order valence-corrected chi connectivity index (χ1v) is 6.88. The second kappa shape index (κ2) is 5.44. The van der Waals surface area contributed by atoms with Gasteiger partial charge in [-0.2, -0.15) is 0 Å². The van der Waals surface area contributed by atoms with E-state index >= 15 is 0 Å². The van der Waals surface area contributed by atoms with Gasteiger partial charge in [0, 0.05) is 11.1 Å². The smallest absolute Gasteiger partial charge is 0.258 e. The zero-order valence-electron chi connectivity index (χ0n) is 12.0. The van der Waals surface area contributed by atoms with E-state index in [0.717, 1.165) is 0 Å². The Kier molecular flexibility index (Phi) is 3.47. The highest BCUT2D eigenvalue weighted by Crippen LogP contribution is 2.30. The van der Waals surface area contributed by atoms with Gasteiger partial charge in [0.1, 0.15) is 6.54 Å². The molecule has 1 aliphatic heterocycles. The Bertz CT molecular complexity index is 766. The summed E-state index contributed by atoms with van der Waals surface area (Å²) >= 11 is 0. The van der Waals surface area contributed by atoms with Crippen LogP contribution in [0.2, 0.25) is 0 Å². The molecule has 5 heteroatoms. The Hall–Kier alpha value is -2.95. The summed E-state index contributed by atoms with van der Waals surface area (Å²) in [6, 6.07) is 13.6. The molecule has 2 aromatic rings. The van der Waals surface area contributed by atoms with Crippen LogP contribution in [0.15, 0.2) is 48.5 Å². The quantitative estimate of drug-likeness (QED) is 0.865. The molecular formula is C17H14N2O3. The predicted molar refractivity (Wildman–Crippen MR) is 83.2 cm³/mol. The summed E-state index contributed by atoms with van der Waals surface area (Å²) in [5.41, 5.74) is 2.28. The van der Waals surface area contributed by atoms with Gasteiger partial charge < -0.3 is 5.32 Å². The number of rotatable bonds is 2. The van der Waals surface area contributed by atoms with Crippen molar-refractivity contribution in [3.05, 3.63) is 59.7 Å². The molecule has 1 aliphatic rings. The van der Waals surface area contributed by atoms with Gasteiger partial charge in [-0.1, -0.05) is 24.3 Å². The molecule has 0 radical (unpaired) electrons. The molecule has 3 rings (SSSR count). The molecule has 0 aliphatic carbocycles. The second-order valence-corrected chi connectivity index (χ2v) is 5.09. The lowest BCUT2D eigenvalue weighted by Gasteiger charge is -2.29. The third-order valence-electron chi connectivity index (χ3n) is 3.55. The first-order chi connectivity index (χ1) is 10.6. The van der Waals surface area contributed by atoms with Gasteiger partial charge in [-0.15, -0.1) is 0 Å². The standard InChI is InChI=1S/C17H14N2O3/c1-11(20)12-6-8-13(9-7-12)17(22)19-10-16(21)18-14-4-2-3-5-15(14)19/h2-9H,10H2,1H3,(H,18,21). The lowest BCUT2D eigenvalue weighted by atomic mass is 10.1. The van der Waals surface area contributed by atoms with Gasteiger partial charge in [-0.3, -0.25) is 19.3 Å². The van der Waals surface area contributed by atoms with Crippen molar-refractivity contribution >= 4 is 29.0 Å².